The van der Waals surface area contributed by atoms with Crippen molar-refractivity contribution in [2.24, 2.45) is 5.92 Å². The minimum absolute atomic E-state index is 0.722. The number of hydrogen-bond donors (Lipinski definition) is 0. The van der Waals surface area contributed by atoms with Crippen LogP contribution in [0.15, 0.2) is 42.5 Å². The molecular formula is C19H32Si. The Kier molecular flexibility index (Phi) is 7.29. The Morgan fingerprint density at radius 3 is 2.25 bits per heavy atom. The van der Waals surface area contributed by atoms with Gasteiger partial charge in [-0.05, 0) is 24.3 Å². The van der Waals surface area contributed by atoms with Gasteiger partial charge in [-0.1, -0.05) is 94.4 Å². The molecule has 0 aliphatic carbocycles. The lowest BCUT2D eigenvalue weighted by Gasteiger charge is -2.34. The van der Waals surface area contributed by atoms with Crippen molar-refractivity contribution in [3.8, 4) is 0 Å². The predicted molar refractivity (Wildman–Crippen MR) is 95.4 cm³/mol. The zero-order valence-corrected chi connectivity index (χ0v) is 15.0. The van der Waals surface area contributed by atoms with E-state index in [9.17, 15) is 0 Å². The molecule has 0 amide bonds. The van der Waals surface area contributed by atoms with Crippen molar-refractivity contribution in [1.29, 1.82) is 0 Å². The van der Waals surface area contributed by atoms with Gasteiger partial charge in [-0.25, -0.2) is 0 Å². The van der Waals surface area contributed by atoms with Crippen LogP contribution in [-0.4, -0.2) is 8.07 Å². The highest BCUT2D eigenvalue weighted by molar-refractivity contribution is 6.91. The van der Waals surface area contributed by atoms with E-state index in [1.807, 2.05) is 0 Å². The molecule has 0 aromatic heterocycles. The lowest BCUT2D eigenvalue weighted by atomic mass is 10.1. The molecule has 0 aliphatic heterocycles. The molecular weight excluding hydrogens is 256 g/mol. The van der Waals surface area contributed by atoms with E-state index >= 15 is 0 Å². The van der Waals surface area contributed by atoms with Gasteiger partial charge in [-0.15, -0.1) is 0 Å². The van der Waals surface area contributed by atoms with Crippen molar-refractivity contribution in [3.63, 3.8) is 0 Å². The molecule has 0 spiro atoms. The summed E-state index contributed by atoms with van der Waals surface area (Å²) in [7, 11) is -1.43. The second-order valence-electron chi connectivity index (χ2n) is 6.78. The van der Waals surface area contributed by atoms with Gasteiger partial charge < -0.3 is 0 Å². The number of allylic oxidation sites excluding steroid dienone is 2. The van der Waals surface area contributed by atoms with Crippen LogP contribution in [0.2, 0.25) is 18.6 Å². The van der Waals surface area contributed by atoms with Gasteiger partial charge in [0.2, 0.25) is 0 Å². The van der Waals surface area contributed by atoms with Gasteiger partial charge in [0.15, 0.2) is 0 Å². The van der Waals surface area contributed by atoms with Crippen molar-refractivity contribution in [2.45, 2.75) is 65.1 Å². The van der Waals surface area contributed by atoms with E-state index in [1.165, 1.54) is 25.7 Å². The first-order chi connectivity index (χ1) is 9.50. The minimum atomic E-state index is -1.43. The molecule has 0 unspecified atom stereocenters. The molecule has 0 heterocycles. The molecule has 1 heteroatoms. The van der Waals surface area contributed by atoms with Crippen LogP contribution >= 0.6 is 0 Å². The van der Waals surface area contributed by atoms with E-state index in [0.29, 0.717) is 0 Å². The van der Waals surface area contributed by atoms with E-state index in [-0.39, 0.29) is 0 Å². The summed E-state index contributed by atoms with van der Waals surface area (Å²) >= 11 is 0. The molecule has 0 bridgehead atoms. The third kappa shape index (κ3) is 4.94. The number of unbranched alkanes of at least 4 members (excludes halogenated alkanes) is 3. The van der Waals surface area contributed by atoms with Crippen molar-refractivity contribution in [2.75, 3.05) is 0 Å². The molecule has 1 aromatic rings. The zero-order chi connectivity index (χ0) is 15.0. The Morgan fingerprint density at radius 1 is 1.05 bits per heavy atom. The van der Waals surface area contributed by atoms with Crippen molar-refractivity contribution >= 4 is 13.3 Å². The molecule has 0 fully saturated rings. The highest BCUT2D eigenvalue weighted by Gasteiger charge is 2.33. The number of rotatable bonds is 8. The molecule has 1 atom stereocenters. The van der Waals surface area contributed by atoms with Crippen molar-refractivity contribution in [3.05, 3.63) is 42.5 Å². The van der Waals surface area contributed by atoms with Crippen LogP contribution in [0.4, 0.5) is 0 Å². The molecule has 0 N–H and O–H groups in total. The van der Waals surface area contributed by atoms with Crippen LogP contribution in [0.5, 0.6) is 0 Å². The van der Waals surface area contributed by atoms with E-state index in [2.05, 4.69) is 76.3 Å². The summed E-state index contributed by atoms with van der Waals surface area (Å²) in [6.07, 6.45) is 10.2. The van der Waals surface area contributed by atoms with Gasteiger partial charge in [-0.3, -0.25) is 0 Å². The smallest absolute Gasteiger partial charge is 0.0876 e. The molecule has 0 aliphatic rings. The van der Waals surface area contributed by atoms with Gasteiger partial charge in [-0.2, -0.15) is 0 Å². The third-order valence-electron chi connectivity index (χ3n) is 4.39. The number of hydrogen-bond acceptors (Lipinski definition) is 0. The van der Waals surface area contributed by atoms with E-state index in [1.54, 1.807) is 5.19 Å². The summed E-state index contributed by atoms with van der Waals surface area (Å²) in [5, 5.41) is 1.58. The largest absolute Gasteiger partial charge is 0.0885 e. The summed E-state index contributed by atoms with van der Waals surface area (Å²) in [6, 6.07) is 11.1. The molecule has 1 rings (SSSR count). The lowest BCUT2D eigenvalue weighted by molar-refractivity contribution is 0.643. The third-order valence-corrected chi connectivity index (χ3v) is 8.73. The fourth-order valence-electron chi connectivity index (χ4n) is 3.11. The lowest BCUT2D eigenvalue weighted by Crippen LogP contribution is -2.47. The first kappa shape index (κ1) is 17.2. The highest BCUT2D eigenvalue weighted by Crippen LogP contribution is 2.31. The topological polar surface area (TPSA) is 0 Å². The summed E-state index contributed by atoms with van der Waals surface area (Å²) < 4.78 is 0. The maximum absolute atomic E-state index is 2.53. The van der Waals surface area contributed by atoms with Gasteiger partial charge >= 0.3 is 0 Å². The predicted octanol–water partition coefficient (Wildman–Crippen LogP) is 5.76. The highest BCUT2D eigenvalue weighted by atomic mass is 28.3. The molecule has 0 nitrogen and oxygen atoms in total. The summed E-state index contributed by atoms with van der Waals surface area (Å²) in [6.45, 7) is 12.1. The Bertz CT molecular complexity index is 389. The molecule has 112 valence electrons. The second-order valence-corrected chi connectivity index (χ2v) is 11.5. The maximum Gasteiger partial charge on any atom is 0.0876 e. The van der Waals surface area contributed by atoms with Crippen LogP contribution in [0.25, 0.3) is 0 Å². The van der Waals surface area contributed by atoms with Crippen molar-refractivity contribution < 1.29 is 0 Å². The standard InChI is InChI=1S/C19H32Si/c1-6-7-8-9-13-16-19(17(2)3)20(4,5)18-14-11-10-12-15-18/h10-17,19H,6-9H2,1-5H3/b16-13+/t19-/m0/s1. The first-order valence-corrected chi connectivity index (χ1v) is 11.3. The van der Waals surface area contributed by atoms with Gasteiger partial charge in [0, 0.05) is 0 Å². The zero-order valence-electron chi connectivity index (χ0n) is 14.0. The quantitative estimate of drug-likeness (QED) is 0.324. The Morgan fingerprint density at radius 2 is 1.70 bits per heavy atom. The fraction of sp³-hybridized carbons (Fsp3) is 0.579. The average molecular weight is 289 g/mol. The van der Waals surface area contributed by atoms with Gasteiger partial charge in [0.1, 0.15) is 0 Å². The molecule has 20 heavy (non-hydrogen) atoms. The van der Waals surface area contributed by atoms with Crippen LogP contribution in [0.1, 0.15) is 46.5 Å². The minimum Gasteiger partial charge on any atom is -0.0885 e. The Hall–Kier alpha value is -0.823. The molecule has 0 radical (unpaired) electrons. The average Bonchev–Trinajstić information content (AvgIpc) is 2.43. The molecule has 1 aromatic carbocycles. The Balaban J connectivity index is 2.79. The number of benzene rings is 1. The maximum atomic E-state index is 2.53. The summed E-state index contributed by atoms with van der Waals surface area (Å²) in [5.74, 6) is 0.722. The first-order valence-electron chi connectivity index (χ1n) is 8.22. The SMILES string of the molecule is CCCCC/C=C/[C@@H](C(C)C)[Si](C)(C)c1ccccc1. The normalized spacial score (nSPS) is 14.1. The second kappa shape index (κ2) is 8.46. The van der Waals surface area contributed by atoms with Crippen molar-refractivity contribution in [1.82, 2.24) is 0 Å². The van der Waals surface area contributed by atoms with Crippen LogP contribution < -0.4 is 5.19 Å². The van der Waals surface area contributed by atoms with Gasteiger partial charge in [0.25, 0.3) is 0 Å². The molecule has 0 saturated carbocycles. The van der Waals surface area contributed by atoms with E-state index < -0.39 is 8.07 Å². The van der Waals surface area contributed by atoms with Gasteiger partial charge in [0.05, 0.1) is 8.07 Å². The van der Waals surface area contributed by atoms with Crippen LogP contribution in [0, 0.1) is 5.92 Å². The summed E-state index contributed by atoms with van der Waals surface area (Å²) in [4.78, 5) is 0. The van der Waals surface area contributed by atoms with E-state index in [0.717, 1.165) is 11.5 Å². The Labute approximate surface area is 127 Å². The molecule has 0 saturated heterocycles. The monoisotopic (exact) mass is 288 g/mol. The van der Waals surface area contributed by atoms with E-state index in [4.69, 9.17) is 0 Å². The fourth-order valence-corrected chi connectivity index (χ4v) is 6.83. The van der Waals surface area contributed by atoms with Crippen LogP contribution in [0.3, 0.4) is 0 Å². The van der Waals surface area contributed by atoms with Crippen LogP contribution in [-0.2, 0) is 0 Å². The summed E-state index contributed by atoms with van der Waals surface area (Å²) in [5.41, 5.74) is 0.728.